The second-order valence-electron chi connectivity index (χ2n) is 7.26. The summed E-state index contributed by atoms with van der Waals surface area (Å²) < 4.78 is 3.92. The van der Waals surface area contributed by atoms with Crippen molar-refractivity contribution in [3.8, 4) is 16.9 Å². The van der Waals surface area contributed by atoms with Crippen molar-refractivity contribution in [2.24, 2.45) is 10.7 Å². The predicted molar refractivity (Wildman–Crippen MR) is 120 cm³/mol. The van der Waals surface area contributed by atoms with Crippen LogP contribution in [-0.2, 0) is 0 Å². The fourth-order valence-corrected chi connectivity index (χ4v) is 3.94. The van der Waals surface area contributed by atoms with Gasteiger partial charge in [0.2, 0.25) is 5.95 Å². The number of rotatable bonds is 3. The number of aromatic nitrogens is 5. The third kappa shape index (κ3) is 2.84. The standard InChI is InChI=1S/C23H18N8/c24-22-27-21(31-19-11-5-4-10-18(19)26-23(31)28-22)17-14-30(16-8-2-1-3-9-16)29-20(17)15-7-6-12-25-13-15/h1-14,21H,(H3,24,26,27,28). The molecule has 31 heavy (non-hydrogen) atoms. The molecule has 0 amide bonds. The lowest BCUT2D eigenvalue weighted by molar-refractivity contribution is 0.627. The average molecular weight is 406 g/mol. The van der Waals surface area contributed by atoms with Gasteiger partial charge in [0.1, 0.15) is 5.69 Å². The Kier molecular flexibility index (Phi) is 3.82. The van der Waals surface area contributed by atoms with Crippen LogP contribution in [0.25, 0.3) is 28.0 Å². The van der Waals surface area contributed by atoms with Crippen molar-refractivity contribution in [1.29, 1.82) is 0 Å². The van der Waals surface area contributed by atoms with Crippen LogP contribution in [0.3, 0.4) is 0 Å². The summed E-state index contributed by atoms with van der Waals surface area (Å²) in [5.74, 6) is 0.973. The van der Waals surface area contributed by atoms with E-state index in [1.165, 1.54) is 0 Å². The molecule has 0 bridgehead atoms. The molecule has 0 spiro atoms. The fraction of sp³-hybridized carbons (Fsp3) is 0.0435. The van der Waals surface area contributed by atoms with Gasteiger partial charge < -0.3 is 5.73 Å². The van der Waals surface area contributed by atoms with E-state index in [1.807, 2.05) is 83.8 Å². The van der Waals surface area contributed by atoms with Gasteiger partial charge in [-0.25, -0.2) is 14.7 Å². The molecule has 0 radical (unpaired) electrons. The van der Waals surface area contributed by atoms with Crippen molar-refractivity contribution in [2.75, 3.05) is 5.32 Å². The molecule has 4 heterocycles. The summed E-state index contributed by atoms with van der Waals surface area (Å²) in [5, 5.41) is 7.99. The number of benzene rings is 2. The number of fused-ring (bicyclic) bond motifs is 3. The van der Waals surface area contributed by atoms with Gasteiger partial charge in [0, 0.05) is 29.7 Å². The number of guanidine groups is 1. The molecule has 0 saturated carbocycles. The summed E-state index contributed by atoms with van der Waals surface area (Å²) in [5.41, 5.74) is 11.6. The molecule has 3 aromatic heterocycles. The van der Waals surface area contributed by atoms with E-state index in [9.17, 15) is 0 Å². The average Bonchev–Trinajstić information content (AvgIpc) is 3.42. The second-order valence-corrected chi connectivity index (χ2v) is 7.26. The first-order valence-corrected chi connectivity index (χ1v) is 9.90. The van der Waals surface area contributed by atoms with E-state index in [-0.39, 0.29) is 0 Å². The zero-order chi connectivity index (χ0) is 20.8. The van der Waals surface area contributed by atoms with Crippen molar-refractivity contribution in [3.63, 3.8) is 0 Å². The van der Waals surface area contributed by atoms with Crippen LogP contribution in [0.5, 0.6) is 0 Å². The van der Waals surface area contributed by atoms with Crippen molar-refractivity contribution in [2.45, 2.75) is 6.17 Å². The monoisotopic (exact) mass is 406 g/mol. The first-order chi connectivity index (χ1) is 15.3. The van der Waals surface area contributed by atoms with Crippen LogP contribution in [0, 0.1) is 0 Å². The van der Waals surface area contributed by atoms with Crippen molar-refractivity contribution in [3.05, 3.63) is 90.9 Å². The van der Waals surface area contributed by atoms with Gasteiger partial charge in [-0.3, -0.25) is 14.9 Å². The molecule has 0 aliphatic carbocycles. The molecule has 8 heteroatoms. The first-order valence-electron chi connectivity index (χ1n) is 9.90. The molecule has 6 rings (SSSR count). The molecule has 1 atom stereocenters. The molecule has 2 aromatic carbocycles. The Balaban J connectivity index is 1.61. The molecular weight excluding hydrogens is 388 g/mol. The molecule has 3 N–H and O–H groups in total. The van der Waals surface area contributed by atoms with Gasteiger partial charge in [0.15, 0.2) is 12.1 Å². The van der Waals surface area contributed by atoms with E-state index >= 15 is 0 Å². The van der Waals surface area contributed by atoms with Gasteiger partial charge in [0.25, 0.3) is 0 Å². The summed E-state index contributed by atoms with van der Waals surface area (Å²) >= 11 is 0. The van der Waals surface area contributed by atoms with Gasteiger partial charge in [-0.15, -0.1) is 0 Å². The Hall–Kier alpha value is -4.46. The number of nitrogens with two attached hydrogens (primary N) is 1. The van der Waals surface area contributed by atoms with Crippen LogP contribution >= 0.6 is 0 Å². The maximum Gasteiger partial charge on any atom is 0.212 e. The number of pyridine rings is 1. The van der Waals surface area contributed by atoms with Crippen LogP contribution in [-0.4, -0.2) is 30.3 Å². The SMILES string of the molecule is NC1=NC(c2cn(-c3ccccc3)nc2-c2cccnc2)n2c(nc3ccccc32)N1. The molecule has 0 fully saturated rings. The normalized spacial score (nSPS) is 15.4. The van der Waals surface area contributed by atoms with Crippen LogP contribution in [0.1, 0.15) is 11.7 Å². The number of hydrogen-bond donors (Lipinski definition) is 2. The molecule has 8 nitrogen and oxygen atoms in total. The quantitative estimate of drug-likeness (QED) is 0.477. The molecule has 1 aliphatic rings. The van der Waals surface area contributed by atoms with Gasteiger partial charge in [-0.1, -0.05) is 30.3 Å². The highest BCUT2D eigenvalue weighted by Gasteiger charge is 2.29. The summed E-state index contributed by atoms with van der Waals surface area (Å²) in [4.78, 5) is 13.7. The number of nitrogens with one attached hydrogen (secondary N) is 1. The Labute approximate surface area is 177 Å². The minimum atomic E-state index is -0.420. The highest BCUT2D eigenvalue weighted by Crippen LogP contribution is 2.36. The van der Waals surface area contributed by atoms with Crippen LogP contribution in [0.4, 0.5) is 5.95 Å². The van der Waals surface area contributed by atoms with Gasteiger partial charge in [-0.05, 0) is 36.4 Å². The topological polar surface area (TPSA) is 98.9 Å². The summed E-state index contributed by atoms with van der Waals surface area (Å²) in [6.07, 6.45) is 5.14. The maximum absolute atomic E-state index is 6.15. The molecular formula is C23H18N8. The number of nitrogens with zero attached hydrogens (tertiary/aromatic N) is 6. The largest absolute Gasteiger partial charge is 0.370 e. The molecule has 1 unspecified atom stereocenters. The third-order valence-electron chi connectivity index (χ3n) is 5.32. The Morgan fingerprint density at radius 2 is 1.77 bits per heavy atom. The lowest BCUT2D eigenvalue weighted by Gasteiger charge is -2.23. The van der Waals surface area contributed by atoms with E-state index in [0.29, 0.717) is 11.9 Å². The number of hydrogen-bond acceptors (Lipinski definition) is 6. The highest BCUT2D eigenvalue weighted by atomic mass is 15.4. The Bertz CT molecular complexity index is 1420. The van der Waals surface area contributed by atoms with Gasteiger partial charge in [-0.2, -0.15) is 5.10 Å². The van der Waals surface area contributed by atoms with E-state index in [0.717, 1.165) is 33.5 Å². The van der Waals surface area contributed by atoms with E-state index < -0.39 is 6.17 Å². The molecule has 0 saturated heterocycles. The van der Waals surface area contributed by atoms with Gasteiger partial charge >= 0.3 is 0 Å². The fourth-order valence-electron chi connectivity index (χ4n) is 3.94. The van der Waals surface area contributed by atoms with E-state index in [1.54, 1.807) is 6.20 Å². The van der Waals surface area contributed by atoms with Crippen LogP contribution in [0.2, 0.25) is 0 Å². The summed E-state index contributed by atoms with van der Waals surface area (Å²) in [6.45, 7) is 0. The first kappa shape index (κ1) is 17.4. The minimum absolute atomic E-state index is 0.317. The zero-order valence-corrected chi connectivity index (χ0v) is 16.4. The van der Waals surface area contributed by atoms with Crippen molar-refractivity contribution >= 4 is 22.9 Å². The summed E-state index contributed by atoms with van der Waals surface area (Å²) in [6, 6.07) is 21.9. The smallest absolute Gasteiger partial charge is 0.212 e. The third-order valence-corrected chi connectivity index (χ3v) is 5.32. The lowest BCUT2D eigenvalue weighted by Crippen LogP contribution is -2.31. The van der Waals surface area contributed by atoms with Crippen molar-refractivity contribution < 1.29 is 0 Å². The Morgan fingerprint density at radius 3 is 2.61 bits per heavy atom. The number of anilines is 1. The van der Waals surface area contributed by atoms with E-state index in [4.69, 9.17) is 20.8 Å². The number of para-hydroxylation sites is 3. The maximum atomic E-state index is 6.15. The summed E-state index contributed by atoms with van der Waals surface area (Å²) in [7, 11) is 0. The van der Waals surface area contributed by atoms with Crippen LogP contribution in [0.15, 0.2) is 90.3 Å². The molecule has 1 aliphatic heterocycles. The van der Waals surface area contributed by atoms with Crippen molar-refractivity contribution in [1.82, 2.24) is 24.3 Å². The predicted octanol–water partition coefficient (Wildman–Crippen LogP) is 3.57. The lowest BCUT2D eigenvalue weighted by atomic mass is 10.1. The highest BCUT2D eigenvalue weighted by molar-refractivity contribution is 5.95. The van der Waals surface area contributed by atoms with Gasteiger partial charge in [0.05, 0.1) is 16.7 Å². The Morgan fingerprint density at radius 1 is 0.935 bits per heavy atom. The zero-order valence-electron chi connectivity index (χ0n) is 16.4. The minimum Gasteiger partial charge on any atom is -0.370 e. The van der Waals surface area contributed by atoms with E-state index in [2.05, 4.69) is 14.9 Å². The number of aliphatic imine (C=N–C) groups is 1. The molecule has 150 valence electrons. The van der Waals surface area contributed by atoms with Crippen LogP contribution < -0.4 is 11.1 Å². The number of imidazole rings is 1. The molecule has 5 aromatic rings. The second kappa shape index (κ2) is 6.81.